The zero-order valence-corrected chi connectivity index (χ0v) is 16.2. The van der Waals surface area contributed by atoms with E-state index in [0.717, 1.165) is 11.1 Å². The second-order valence-electron chi connectivity index (χ2n) is 6.60. The summed E-state index contributed by atoms with van der Waals surface area (Å²) in [4.78, 5) is 0.178. The first kappa shape index (κ1) is 18.9. The van der Waals surface area contributed by atoms with Gasteiger partial charge in [-0.15, -0.1) is 0 Å². The average molecular weight is 390 g/mol. The maximum absolute atomic E-state index is 13.2. The molecular formula is C20H20ClNO3S. The van der Waals surface area contributed by atoms with Crippen molar-refractivity contribution in [2.75, 3.05) is 13.2 Å². The molecule has 6 heteroatoms. The summed E-state index contributed by atoms with van der Waals surface area (Å²) in [6.07, 6.45) is 0. The van der Waals surface area contributed by atoms with Gasteiger partial charge in [0.2, 0.25) is 0 Å². The molecule has 4 nitrogen and oxygen atoms in total. The van der Waals surface area contributed by atoms with Gasteiger partial charge in [-0.3, -0.25) is 0 Å². The van der Waals surface area contributed by atoms with Crippen LogP contribution in [0.25, 0.3) is 0 Å². The minimum atomic E-state index is -3.70. The zero-order chi connectivity index (χ0) is 18.9. The molecular weight excluding hydrogens is 370 g/mol. The molecule has 1 fully saturated rings. The van der Waals surface area contributed by atoms with E-state index in [2.05, 4.69) is 6.07 Å². The summed E-state index contributed by atoms with van der Waals surface area (Å²) < 4.78 is 32.0. The van der Waals surface area contributed by atoms with Gasteiger partial charge in [-0.05, 0) is 43.7 Å². The summed E-state index contributed by atoms with van der Waals surface area (Å²) in [5, 5.41) is 9.51. The van der Waals surface area contributed by atoms with Crippen LogP contribution in [0.2, 0.25) is 5.02 Å². The smallest absolute Gasteiger partial charge is 0.183 e. The van der Waals surface area contributed by atoms with E-state index in [9.17, 15) is 13.7 Å². The monoisotopic (exact) mass is 389 g/mol. The summed E-state index contributed by atoms with van der Waals surface area (Å²) in [6, 6.07) is 16.0. The molecule has 2 aromatic carbocycles. The van der Waals surface area contributed by atoms with Crippen LogP contribution < -0.4 is 0 Å². The number of aryl methyl sites for hydroxylation is 1. The number of nitriles is 1. The fraction of sp³-hybridized carbons (Fsp3) is 0.350. The van der Waals surface area contributed by atoms with E-state index < -0.39 is 26.4 Å². The number of sulfone groups is 1. The molecule has 0 unspecified atom stereocenters. The molecule has 1 saturated carbocycles. The van der Waals surface area contributed by atoms with Gasteiger partial charge < -0.3 is 4.74 Å². The largest absolute Gasteiger partial charge is 0.380 e. The number of hydrogen-bond donors (Lipinski definition) is 0. The molecule has 136 valence electrons. The Labute approximate surface area is 159 Å². The highest BCUT2D eigenvalue weighted by Crippen LogP contribution is 2.63. The van der Waals surface area contributed by atoms with Crippen molar-refractivity contribution in [2.45, 2.75) is 29.9 Å². The van der Waals surface area contributed by atoms with Gasteiger partial charge in [0.1, 0.15) is 5.41 Å². The van der Waals surface area contributed by atoms with Crippen LogP contribution in [0.5, 0.6) is 0 Å². The summed E-state index contributed by atoms with van der Waals surface area (Å²) in [5.74, 6) is -0.416. The van der Waals surface area contributed by atoms with Crippen molar-refractivity contribution in [3.63, 3.8) is 0 Å². The van der Waals surface area contributed by atoms with Crippen molar-refractivity contribution in [1.82, 2.24) is 0 Å². The van der Waals surface area contributed by atoms with E-state index in [4.69, 9.17) is 16.3 Å². The molecule has 3 rings (SSSR count). The van der Waals surface area contributed by atoms with Crippen molar-refractivity contribution < 1.29 is 13.2 Å². The molecule has 1 aliphatic carbocycles. The van der Waals surface area contributed by atoms with Gasteiger partial charge in [0, 0.05) is 17.5 Å². The molecule has 0 saturated heterocycles. The number of ether oxygens (including phenoxy) is 1. The first-order valence-electron chi connectivity index (χ1n) is 8.42. The van der Waals surface area contributed by atoms with Crippen molar-refractivity contribution >= 4 is 21.4 Å². The lowest BCUT2D eigenvalue weighted by atomic mass is 10.0. The van der Waals surface area contributed by atoms with Crippen molar-refractivity contribution in [3.8, 4) is 6.07 Å². The Kier molecular flexibility index (Phi) is 5.12. The Bertz CT molecular complexity index is 933. The average Bonchev–Trinajstić information content (AvgIpc) is 3.31. The van der Waals surface area contributed by atoms with Crippen molar-refractivity contribution in [3.05, 3.63) is 64.7 Å². The molecule has 1 aliphatic rings. The highest BCUT2D eigenvalue weighted by atomic mass is 35.5. The third kappa shape index (κ3) is 3.14. The number of rotatable bonds is 6. The molecule has 3 atom stereocenters. The zero-order valence-electron chi connectivity index (χ0n) is 14.6. The molecule has 0 heterocycles. The van der Waals surface area contributed by atoms with Crippen LogP contribution in [0.1, 0.15) is 24.0 Å². The maximum atomic E-state index is 13.2. The van der Waals surface area contributed by atoms with Crippen molar-refractivity contribution in [2.24, 2.45) is 5.41 Å². The second kappa shape index (κ2) is 7.03. The van der Waals surface area contributed by atoms with Gasteiger partial charge in [-0.2, -0.15) is 5.26 Å². The highest BCUT2D eigenvalue weighted by Gasteiger charge is 2.72. The van der Waals surface area contributed by atoms with Crippen LogP contribution in [0.4, 0.5) is 0 Å². The Hall–Kier alpha value is -1.87. The predicted octanol–water partition coefficient (Wildman–Crippen LogP) is 4.13. The molecule has 2 aromatic rings. The Morgan fingerprint density at radius 2 is 1.77 bits per heavy atom. The van der Waals surface area contributed by atoms with Crippen LogP contribution in [0, 0.1) is 23.7 Å². The third-order valence-electron chi connectivity index (χ3n) is 4.92. The lowest BCUT2D eigenvalue weighted by Crippen LogP contribution is -2.19. The van der Waals surface area contributed by atoms with Crippen LogP contribution in [-0.2, 0) is 14.6 Å². The van der Waals surface area contributed by atoms with Gasteiger partial charge in [0.25, 0.3) is 0 Å². The Morgan fingerprint density at radius 3 is 2.31 bits per heavy atom. The quantitative estimate of drug-likeness (QED) is 0.744. The number of halogens is 1. The van der Waals surface area contributed by atoms with Crippen LogP contribution in [0.3, 0.4) is 0 Å². The number of nitrogens with zero attached hydrogens (tertiary/aromatic N) is 1. The van der Waals surface area contributed by atoms with E-state index in [1.54, 1.807) is 12.1 Å². The van der Waals surface area contributed by atoms with Crippen molar-refractivity contribution in [1.29, 1.82) is 5.26 Å². The predicted molar refractivity (Wildman–Crippen MR) is 101 cm³/mol. The summed E-state index contributed by atoms with van der Waals surface area (Å²) in [7, 11) is -3.70. The molecule has 0 spiro atoms. The normalized spacial score (nSPS) is 24.8. The van der Waals surface area contributed by atoms with Gasteiger partial charge in [-0.25, -0.2) is 8.42 Å². The minimum absolute atomic E-state index is 0.0933. The van der Waals surface area contributed by atoms with Crippen LogP contribution in [0.15, 0.2) is 53.4 Å². The lowest BCUT2D eigenvalue weighted by Gasteiger charge is -2.10. The first-order chi connectivity index (χ1) is 12.4. The summed E-state index contributed by atoms with van der Waals surface area (Å²) >= 11 is 5.88. The number of hydrogen-bond acceptors (Lipinski definition) is 4. The number of benzene rings is 2. The molecule has 0 aromatic heterocycles. The van der Waals surface area contributed by atoms with E-state index in [1.807, 2.05) is 38.1 Å². The SMILES string of the molecule is CCOC[C@@]1(C#N)[C@H](S(=O)(=O)c2ccc(Cl)cc2)[C@@H]1c1ccc(C)cc1. The molecule has 26 heavy (non-hydrogen) atoms. The summed E-state index contributed by atoms with van der Waals surface area (Å²) in [6.45, 7) is 4.32. The molecule has 0 N–H and O–H groups in total. The van der Waals surface area contributed by atoms with Gasteiger partial charge in [0.15, 0.2) is 9.84 Å². The minimum Gasteiger partial charge on any atom is -0.380 e. The van der Waals surface area contributed by atoms with Gasteiger partial charge >= 0.3 is 0 Å². The fourth-order valence-electron chi connectivity index (χ4n) is 3.49. The van der Waals surface area contributed by atoms with Gasteiger partial charge in [0.05, 0.1) is 22.8 Å². The lowest BCUT2D eigenvalue weighted by molar-refractivity contribution is 0.117. The van der Waals surface area contributed by atoms with E-state index in [0.29, 0.717) is 11.6 Å². The third-order valence-corrected chi connectivity index (χ3v) is 7.47. The maximum Gasteiger partial charge on any atom is 0.183 e. The van der Waals surface area contributed by atoms with E-state index in [-0.39, 0.29) is 11.5 Å². The van der Waals surface area contributed by atoms with E-state index >= 15 is 0 Å². The van der Waals surface area contributed by atoms with Crippen LogP contribution in [-0.4, -0.2) is 26.9 Å². The highest BCUT2D eigenvalue weighted by molar-refractivity contribution is 7.92. The van der Waals surface area contributed by atoms with Crippen LogP contribution >= 0.6 is 11.6 Å². The summed E-state index contributed by atoms with van der Waals surface area (Å²) in [5.41, 5.74) is 0.849. The Morgan fingerprint density at radius 1 is 1.15 bits per heavy atom. The second-order valence-corrected chi connectivity index (χ2v) is 9.10. The molecule has 0 amide bonds. The standard InChI is InChI=1S/C20H20ClNO3S/c1-3-25-13-20(12-22)18(15-6-4-14(2)5-7-15)19(20)26(23,24)17-10-8-16(21)9-11-17/h4-11,18-19H,3,13H2,1-2H3/t18-,19+,20+/m0/s1. The van der Waals surface area contributed by atoms with Gasteiger partial charge in [-0.1, -0.05) is 41.4 Å². The molecule has 0 aliphatic heterocycles. The Balaban J connectivity index is 2.05. The molecule has 0 radical (unpaired) electrons. The van der Waals surface area contributed by atoms with E-state index in [1.165, 1.54) is 12.1 Å². The topological polar surface area (TPSA) is 67.2 Å². The molecule has 0 bridgehead atoms. The first-order valence-corrected chi connectivity index (χ1v) is 10.3. The fourth-order valence-corrected chi connectivity index (χ4v) is 5.92.